The van der Waals surface area contributed by atoms with E-state index in [9.17, 15) is 9.59 Å². The molecule has 6 heteroatoms. The van der Waals surface area contributed by atoms with Crippen LogP contribution in [0.3, 0.4) is 0 Å². The highest BCUT2D eigenvalue weighted by Crippen LogP contribution is 2.15. The second-order valence-electron chi connectivity index (χ2n) is 5.31. The first kappa shape index (κ1) is 16.9. The molecule has 1 saturated heterocycles. The smallest absolute Gasteiger partial charge is 0.243 e. The van der Waals surface area contributed by atoms with Gasteiger partial charge in [0, 0.05) is 20.3 Å². The van der Waals surface area contributed by atoms with Crippen molar-refractivity contribution in [2.75, 3.05) is 40.0 Å². The number of unbranched alkanes of at least 4 members (excludes halogenated alkanes) is 1. The third kappa shape index (κ3) is 5.09. The summed E-state index contributed by atoms with van der Waals surface area (Å²) >= 11 is 0. The fourth-order valence-electron chi connectivity index (χ4n) is 2.32. The Labute approximate surface area is 120 Å². The zero-order chi connectivity index (χ0) is 15.0. The van der Waals surface area contributed by atoms with Crippen molar-refractivity contribution >= 4 is 11.8 Å². The minimum atomic E-state index is -0.342. The van der Waals surface area contributed by atoms with Gasteiger partial charge in [0.25, 0.3) is 0 Å². The number of nitrogens with one attached hydrogen (secondary N) is 1. The van der Waals surface area contributed by atoms with E-state index in [1.54, 1.807) is 12.0 Å². The molecule has 1 aliphatic rings. The maximum absolute atomic E-state index is 11.9. The summed E-state index contributed by atoms with van der Waals surface area (Å²) < 4.78 is 10.3. The van der Waals surface area contributed by atoms with E-state index >= 15 is 0 Å². The van der Waals surface area contributed by atoms with Crippen molar-refractivity contribution < 1.29 is 19.1 Å². The van der Waals surface area contributed by atoms with Gasteiger partial charge in [0.2, 0.25) is 11.8 Å². The van der Waals surface area contributed by atoms with E-state index in [0.717, 1.165) is 12.8 Å². The number of hydrogen-bond acceptors (Lipinski definition) is 4. The van der Waals surface area contributed by atoms with E-state index in [0.29, 0.717) is 26.4 Å². The lowest BCUT2D eigenvalue weighted by atomic mass is 9.99. The molecule has 0 aromatic heterocycles. The lowest BCUT2D eigenvalue weighted by Gasteiger charge is -2.37. The van der Waals surface area contributed by atoms with Crippen LogP contribution in [0.15, 0.2) is 0 Å². The van der Waals surface area contributed by atoms with Gasteiger partial charge in [0.05, 0.1) is 19.8 Å². The van der Waals surface area contributed by atoms with E-state index in [4.69, 9.17) is 9.47 Å². The highest BCUT2D eigenvalue weighted by Gasteiger charge is 2.35. The fraction of sp³-hybridized carbons (Fsp3) is 0.857. The standard InChI is InChI=1S/C14H26N2O4/c1-11(2)13-14(18)15-10-12(17)16(13)6-4-5-7-20-9-8-19-3/h11,13H,4-10H2,1-3H3,(H,15,18). The molecule has 116 valence electrons. The second kappa shape index (κ2) is 8.92. The molecule has 1 heterocycles. The first-order valence-electron chi connectivity index (χ1n) is 7.21. The average Bonchev–Trinajstić information content (AvgIpc) is 2.41. The van der Waals surface area contributed by atoms with E-state index in [-0.39, 0.29) is 30.3 Å². The van der Waals surface area contributed by atoms with Gasteiger partial charge in [0.1, 0.15) is 6.04 Å². The Morgan fingerprint density at radius 2 is 2.00 bits per heavy atom. The van der Waals surface area contributed by atoms with Crippen molar-refractivity contribution in [3.05, 3.63) is 0 Å². The van der Waals surface area contributed by atoms with Crippen LogP contribution in [0.5, 0.6) is 0 Å². The molecular formula is C14H26N2O4. The zero-order valence-corrected chi connectivity index (χ0v) is 12.7. The van der Waals surface area contributed by atoms with Crippen molar-refractivity contribution in [2.45, 2.75) is 32.7 Å². The summed E-state index contributed by atoms with van der Waals surface area (Å²) in [4.78, 5) is 25.5. The number of methoxy groups -OCH3 is 1. The zero-order valence-electron chi connectivity index (χ0n) is 12.7. The van der Waals surface area contributed by atoms with E-state index in [2.05, 4.69) is 5.32 Å². The Balaban J connectivity index is 2.31. The topological polar surface area (TPSA) is 67.9 Å². The number of carbonyl (C=O) groups is 2. The van der Waals surface area contributed by atoms with E-state index < -0.39 is 0 Å². The van der Waals surface area contributed by atoms with Gasteiger partial charge < -0.3 is 19.7 Å². The predicted molar refractivity (Wildman–Crippen MR) is 75.3 cm³/mol. The molecule has 1 N–H and O–H groups in total. The molecule has 0 aliphatic carbocycles. The van der Waals surface area contributed by atoms with E-state index in [1.807, 2.05) is 13.8 Å². The van der Waals surface area contributed by atoms with Crippen LogP contribution in [-0.2, 0) is 19.1 Å². The maximum atomic E-state index is 11.9. The quantitative estimate of drug-likeness (QED) is 0.624. The first-order chi connectivity index (χ1) is 9.57. The Kier molecular flexibility index (Phi) is 7.54. The number of rotatable bonds is 9. The summed E-state index contributed by atoms with van der Waals surface area (Å²) in [5.74, 6) is 0.0803. The molecule has 0 radical (unpaired) electrons. The van der Waals surface area contributed by atoms with Gasteiger partial charge in [-0.2, -0.15) is 0 Å². The predicted octanol–water partition coefficient (Wildman–Crippen LogP) is 0.413. The molecule has 6 nitrogen and oxygen atoms in total. The normalized spacial score (nSPS) is 19.6. The van der Waals surface area contributed by atoms with Crippen LogP contribution in [-0.4, -0.2) is 62.8 Å². The molecule has 0 saturated carbocycles. The largest absolute Gasteiger partial charge is 0.382 e. The highest BCUT2D eigenvalue weighted by atomic mass is 16.5. The van der Waals surface area contributed by atoms with Gasteiger partial charge in [-0.3, -0.25) is 9.59 Å². The van der Waals surface area contributed by atoms with Crippen LogP contribution in [0, 0.1) is 5.92 Å². The second-order valence-corrected chi connectivity index (χ2v) is 5.31. The molecule has 20 heavy (non-hydrogen) atoms. The molecule has 0 aromatic rings. The summed E-state index contributed by atoms with van der Waals surface area (Å²) in [7, 11) is 1.64. The minimum absolute atomic E-state index is 0.00333. The van der Waals surface area contributed by atoms with Crippen LogP contribution in [0.2, 0.25) is 0 Å². The monoisotopic (exact) mass is 286 g/mol. The molecule has 1 unspecified atom stereocenters. The Bertz CT molecular complexity index is 320. The lowest BCUT2D eigenvalue weighted by molar-refractivity contribution is -0.147. The Hall–Kier alpha value is -1.14. The van der Waals surface area contributed by atoms with Crippen LogP contribution in [0.25, 0.3) is 0 Å². The summed E-state index contributed by atoms with van der Waals surface area (Å²) in [5, 5.41) is 2.65. The molecule has 1 fully saturated rings. The molecule has 0 aromatic carbocycles. The van der Waals surface area contributed by atoms with Crippen molar-refractivity contribution in [3.8, 4) is 0 Å². The molecule has 1 rings (SSSR count). The van der Waals surface area contributed by atoms with Crippen LogP contribution in [0.4, 0.5) is 0 Å². The summed E-state index contributed by atoms with van der Waals surface area (Å²) in [6.07, 6.45) is 1.72. The van der Waals surface area contributed by atoms with Crippen molar-refractivity contribution in [1.29, 1.82) is 0 Å². The van der Waals surface area contributed by atoms with Crippen LogP contribution >= 0.6 is 0 Å². The minimum Gasteiger partial charge on any atom is -0.382 e. The van der Waals surface area contributed by atoms with Crippen molar-refractivity contribution in [2.24, 2.45) is 5.92 Å². The third-order valence-electron chi connectivity index (χ3n) is 3.34. The first-order valence-corrected chi connectivity index (χ1v) is 7.21. The van der Waals surface area contributed by atoms with Gasteiger partial charge in [-0.25, -0.2) is 0 Å². The number of nitrogens with zero attached hydrogens (tertiary/aromatic N) is 1. The highest BCUT2D eigenvalue weighted by molar-refractivity contribution is 5.94. The van der Waals surface area contributed by atoms with Gasteiger partial charge in [0.15, 0.2) is 0 Å². The van der Waals surface area contributed by atoms with Crippen molar-refractivity contribution in [1.82, 2.24) is 10.2 Å². The van der Waals surface area contributed by atoms with Crippen molar-refractivity contribution in [3.63, 3.8) is 0 Å². The van der Waals surface area contributed by atoms with Gasteiger partial charge in [-0.1, -0.05) is 13.8 Å². The van der Waals surface area contributed by atoms with E-state index in [1.165, 1.54) is 0 Å². The number of amides is 2. The summed E-state index contributed by atoms with van der Waals surface area (Å²) in [5.41, 5.74) is 0. The number of hydrogen-bond donors (Lipinski definition) is 1. The molecule has 0 spiro atoms. The molecular weight excluding hydrogens is 260 g/mol. The average molecular weight is 286 g/mol. The Morgan fingerprint density at radius 3 is 2.65 bits per heavy atom. The number of piperazine rings is 1. The lowest BCUT2D eigenvalue weighted by Crippen LogP contribution is -2.60. The summed E-state index contributed by atoms with van der Waals surface area (Å²) in [6, 6.07) is -0.342. The Morgan fingerprint density at radius 1 is 1.25 bits per heavy atom. The molecule has 1 atom stereocenters. The SMILES string of the molecule is COCCOCCCCN1C(=O)CNC(=O)C1C(C)C. The molecule has 1 aliphatic heterocycles. The molecule has 0 bridgehead atoms. The van der Waals surface area contributed by atoms with Crippen LogP contribution < -0.4 is 5.32 Å². The fourth-order valence-corrected chi connectivity index (χ4v) is 2.32. The number of ether oxygens (including phenoxy) is 2. The number of carbonyl (C=O) groups excluding carboxylic acids is 2. The third-order valence-corrected chi connectivity index (χ3v) is 3.34. The van der Waals surface area contributed by atoms with Gasteiger partial charge in [-0.15, -0.1) is 0 Å². The van der Waals surface area contributed by atoms with Gasteiger partial charge in [-0.05, 0) is 18.8 Å². The summed E-state index contributed by atoms with van der Waals surface area (Å²) in [6.45, 7) is 6.50. The maximum Gasteiger partial charge on any atom is 0.243 e. The molecule has 2 amide bonds. The van der Waals surface area contributed by atoms with Crippen LogP contribution in [0.1, 0.15) is 26.7 Å². The van der Waals surface area contributed by atoms with Gasteiger partial charge >= 0.3 is 0 Å².